The third kappa shape index (κ3) is 4.81. The van der Waals surface area contributed by atoms with Gasteiger partial charge in [-0.05, 0) is 56.2 Å². The van der Waals surface area contributed by atoms with Crippen molar-refractivity contribution in [3.05, 3.63) is 83.2 Å². The zero-order valence-corrected chi connectivity index (χ0v) is 17.0. The van der Waals surface area contributed by atoms with Gasteiger partial charge in [-0.3, -0.25) is 0 Å². The van der Waals surface area contributed by atoms with Crippen molar-refractivity contribution in [3.63, 3.8) is 0 Å². The van der Waals surface area contributed by atoms with Crippen molar-refractivity contribution in [2.45, 2.75) is 45.1 Å². The Labute approximate surface area is 177 Å². The summed E-state index contributed by atoms with van der Waals surface area (Å²) in [6, 6.07) is 3.67. The highest BCUT2D eigenvalue weighted by atomic mass is 19.3. The number of ether oxygens (including phenoxy) is 1. The van der Waals surface area contributed by atoms with Crippen LogP contribution in [0, 0.1) is 36.1 Å². The summed E-state index contributed by atoms with van der Waals surface area (Å²) in [5.74, 6) is -5.83. The van der Waals surface area contributed by atoms with Crippen molar-refractivity contribution in [2.24, 2.45) is 5.92 Å². The first-order chi connectivity index (χ1) is 14.7. The minimum atomic E-state index is -4.12. The summed E-state index contributed by atoms with van der Waals surface area (Å²) < 4.78 is 91.0. The summed E-state index contributed by atoms with van der Waals surface area (Å²) in [6.45, 7) is 4.96. The van der Waals surface area contributed by atoms with E-state index in [2.05, 4.69) is 6.58 Å². The topological polar surface area (TPSA) is 9.23 Å². The molecular weight excluding hydrogens is 418 g/mol. The standard InChI is InChI=1S/C24H22F6O/c1-3-4-5-15-7-9-16(10-8-15)31-24(29,30)19-13-12-18(22(27)23(19)28)17-11-6-14(2)20(25)21(17)26/h3,6,9,11-13,15H,1,4-5,7-8,10H2,2H3. The summed E-state index contributed by atoms with van der Waals surface area (Å²) in [5, 5.41) is 0. The van der Waals surface area contributed by atoms with Gasteiger partial charge in [-0.15, -0.1) is 6.58 Å². The normalized spacial score (nSPS) is 16.7. The molecule has 0 saturated carbocycles. The predicted molar refractivity (Wildman–Crippen MR) is 106 cm³/mol. The number of benzene rings is 2. The molecule has 3 rings (SSSR count). The van der Waals surface area contributed by atoms with Gasteiger partial charge in [-0.25, -0.2) is 17.6 Å². The van der Waals surface area contributed by atoms with E-state index in [0.29, 0.717) is 24.8 Å². The SMILES string of the molecule is C=CCCC1CC=C(OC(F)(F)c2ccc(-c3ccc(C)c(F)c3F)c(F)c2F)CC1. The van der Waals surface area contributed by atoms with Gasteiger partial charge in [0.1, 0.15) is 5.56 Å². The van der Waals surface area contributed by atoms with Crippen molar-refractivity contribution in [2.75, 3.05) is 0 Å². The van der Waals surface area contributed by atoms with Gasteiger partial charge in [0, 0.05) is 17.5 Å². The predicted octanol–water partition coefficient (Wildman–Crippen LogP) is 7.93. The van der Waals surface area contributed by atoms with Gasteiger partial charge in [-0.2, -0.15) is 8.78 Å². The molecule has 2 aromatic carbocycles. The molecule has 1 atom stereocenters. The van der Waals surface area contributed by atoms with Crippen LogP contribution in [0.1, 0.15) is 43.2 Å². The van der Waals surface area contributed by atoms with Crippen LogP contribution in [0.5, 0.6) is 0 Å². The molecule has 0 amide bonds. The maximum atomic E-state index is 14.6. The van der Waals surface area contributed by atoms with E-state index < -0.39 is 46.1 Å². The lowest BCUT2D eigenvalue weighted by atomic mass is 9.89. The molecule has 0 heterocycles. The van der Waals surface area contributed by atoms with Crippen molar-refractivity contribution in [1.82, 2.24) is 0 Å². The number of allylic oxidation sites excluding steroid dienone is 3. The minimum absolute atomic E-state index is 0.00962. The van der Waals surface area contributed by atoms with E-state index in [4.69, 9.17) is 4.74 Å². The molecule has 0 aromatic heterocycles. The first-order valence-corrected chi connectivity index (χ1v) is 9.96. The van der Waals surface area contributed by atoms with Gasteiger partial charge in [0.2, 0.25) is 0 Å². The van der Waals surface area contributed by atoms with Crippen LogP contribution in [-0.2, 0) is 10.8 Å². The molecule has 2 aromatic rings. The molecule has 0 saturated heterocycles. The third-order valence-corrected chi connectivity index (χ3v) is 5.48. The molecule has 0 bridgehead atoms. The molecule has 1 aliphatic carbocycles. The Balaban J connectivity index is 1.85. The maximum absolute atomic E-state index is 14.6. The average Bonchev–Trinajstić information content (AvgIpc) is 2.73. The van der Waals surface area contributed by atoms with Gasteiger partial charge in [0.25, 0.3) is 0 Å². The Bertz CT molecular complexity index is 1010. The van der Waals surface area contributed by atoms with Gasteiger partial charge >= 0.3 is 6.11 Å². The van der Waals surface area contributed by atoms with Crippen LogP contribution in [-0.4, -0.2) is 0 Å². The highest BCUT2D eigenvalue weighted by Gasteiger charge is 2.40. The molecule has 166 valence electrons. The fourth-order valence-corrected chi connectivity index (χ4v) is 3.63. The summed E-state index contributed by atoms with van der Waals surface area (Å²) in [4.78, 5) is 0. The number of rotatable bonds is 7. The molecule has 0 aliphatic heterocycles. The highest BCUT2D eigenvalue weighted by Crippen LogP contribution is 2.40. The Morgan fingerprint density at radius 2 is 1.65 bits per heavy atom. The smallest absolute Gasteiger partial charge is 0.429 e. The molecule has 0 radical (unpaired) electrons. The van der Waals surface area contributed by atoms with Crippen molar-refractivity contribution in [1.29, 1.82) is 0 Å². The van der Waals surface area contributed by atoms with Crippen molar-refractivity contribution < 1.29 is 31.1 Å². The Morgan fingerprint density at radius 3 is 2.26 bits per heavy atom. The first-order valence-electron chi connectivity index (χ1n) is 9.96. The zero-order chi connectivity index (χ0) is 22.8. The monoisotopic (exact) mass is 440 g/mol. The number of alkyl halides is 2. The fourth-order valence-electron chi connectivity index (χ4n) is 3.63. The van der Waals surface area contributed by atoms with E-state index in [1.54, 1.807) is 6.08 Å². The molecule has 1 unspecified atom stereocenters. The molecule has 0 fully saturated rings. The zero-order valence-electron chi connectivity index (χ0n) is 17.0. The molecule has 7 heteroatoms. The van der Waals surface area contributed by atoms with Gasteiger partial charge in [0.05, 0.1) is 5.76 Å². The lowest BCUT2D eigenvalue weighted by Crippen LogP contribution is -2.22. The number of hydrogen-bond acceptors (Lipinski definition) is 1. The first kappa shape index (κ1) is 23.0. The quantitative estimate of drug-likeness (QED) is 0.314. The third-order valence-electron chi connectivity index (χ3n) is 5.48. The summed E-state index contributed by atoms with van der Waals surface area (Å²) in [5.41, 5.74) is -2.55. The van der Waals surface area contributed by atoms with E-state index in [9.17, 15) is 26.3 Å². The van der Waals surface area contributed by atoms with Gasteiger partial charge < -0.3 is 4.74 Å². The van der Waals surface area contributed by atoms with E-state index in [-0.39, 0.29) is 17.7 Å². The second-order valence-corrected chi connectivity index (χ2v) is 7.64. The van der Waals surface area contributed by atoms with Crippen molar-refractivity contribution in [3.8, 4) is 11.1 Å². The van der Waals surface area contributed by atoms with E-state index in [1.165, 1.54) is 19.1 Å². The van der Waals surface area contributed by atoms with Crippen LogP contribution in [0.3, 0.4) is 0 Å². The Hall–Kier alpha value is -2.70. The van der Waals surface area contributed by atoms with Crippen LogP contribution >= 0.6 is 0 Å². The lowest BCUT2D eigenvalue weighted by molar-refractivity contribution is -0.228. The Kier molecular flexibility index (Phi) is 6.82. The Morgan fingerprint density at radius 1 is 1.00 bits per heavy atom. The summed E-state index contributed by atoms with van der Waals surface area (Å²) in [6.07, 6.45) is 2.37. The molecule has 1 nitrogen and oxygen atoms in total. The van der Waals surface area contributed by atoms with Crippen LogP contribution in [0.4, 0.5) is 26.3 Å². The van der Waals surface area contributed by atoms with Crippen LogP contribution in [0.25, 0.3) is 11.1 Å². The number of hydrogen-bond donors (Lipinski definition) is 0. The van der Waals surface area contributed by atoms with Crippen LogP contribution in [0.2, 0.25) is 0 Å². The molecule has 31 heavy (non-hydrogen) atoms. The number of aryl methyl sites for hydroxylation is 1. The minimum Gasteiger partial charge on any atom is -0.434 e. The second-order valence-electron chi connectivity index (χ2n) is 7.64. The molecular formula is C24H22F6O. The lowest BCUT2D eigenvalue weighted by Gasteiger charge is -2.26. The summed E-state index contributed by atoms with van der Waals surface area (Å²) >= 11 is 0. The largest absolute Gasteiger partial charge is 0.434 e. The maximum Gasteiger partial charge on any atom is 0.429 e. The second kappa shape index (κ2) is 9.20. The van der Waals surface area contributed by atoms with Gasteiger partial charge in [0.15, 0.2) is 23.3 Å². The summed E-state index contributed by atoms with van der Waals surface area (Å²) in [7, 11) is 0. The van der Waals surface area contributed by atoms with Crippen molar-refractivity contribution >= 4 is 0 Å². The molecule has 0 spiro atoms. The van der Waals surface area contributed by atoms with E-state index >= 15 is 0 Å². The molecule has 0 N–H and O–H groups in total. The van der Waals surface area contributed by atoms with Crippen LogP contribution in [0.15, 0.2) is 48.8 Å². The van der Waals surface area contributed by atoms with E-state index in [1.807, 2.05) is 0 Å². The fraction of sp³-hybridized carbons (Fsp3) is 0.333. The van der Waals surface area contributed by atoms with Crippen LogP contribution < -0.4 is 0 Å². The molecule has 1 aliphatic rings. The van der Waals surface area contributed by atoms with E-state index in [0.717, 1.165) is 25.0 Å². The highest BCUT2D eigenvalue weighted by molar-refractivity contribution is 5.66. The number of halogens is 6. The van der Waals surface area contributed by atoms with Gasteiger partial charge in [-0.1, -0.05) is 24.3 Å². The average molecular weight is 440 g/mol.